The van der Waals surface area contributed by atoms with Crippen LogP contribution in [0.2, 0.25) is 0 Å². The van der Waals surface area contributed by atoms with Gasteiger partial charge in [-0.1, -0.05) is 67.1 Å². The molecular formula is C35H46Cl2N2O. The van der Waals surface area contributed by atoms with Crippen LogP contribution in [0.25, 0.3) is 11.1 Å². The van der Waals surface area contributed by atoms with E-state index in [1.165, 1.54) is 113 Å². The summed E-state index contributed by atoms with van der Waals surface area (Å²) < 4.78 is 6.20. The van der Waals surface area contributed by atoms with Gasteiger partial charge in [-0.05, 0) is 130 Å². The number of piperidine rings is 2. The minimum absolute atomic E-state index is 0. The van der Waals surface area contributed by atoms with E-state index >= 15 is 0 Å². The Labute approximate surface area is 254 Å². The molecule has 2 aliphatic heterocycles. The first-order valence-electron chi connectivity index (χ1n) is 15.2. The average Bonchev–Trinajstić information content (AvgIpc) is 3.00. The number of fused-ring (bicyclic) bond motifs is 1. The lowest BCUT2D eigenvalue weighted by atomic mass is 9.82. The maximum Gasteiger partial charge on any atom is 0.120 e. The van der Waals surface area contributed by atoms with Gasteiger partial charge in [0.05, 0.1) is 0 Å². The van der Waals surface area contributed by atoms with Crippen LogP contribution in [0, 0.1) is 5.92 Å². The summed E-state index contributed by atoms with van der Waals surface area (Å²) in [4.78, 5) is 5.54. The minimum atomic E-state index is 0. The van der Waals surface area contributed by atoms with Crippen molar-refractivity contribution < 1.29 is 4.74 Å². The van der Waals surface area contributed by atoms with Gasteiger partial charge in [-0.3, -0.25) is 0 Å². The van der Waals surface area contributed by atoms with E-state index in [-0.39, 0.29) is 24.8 Å². The highest BCUT2D eigenvalue weighted by Gasteiger charge is 2.26. The Morgan fingerprint density at radius 1 is 0.700 bits per heavy atom. The van der Waals surface area contributed by atoms with Crippen molar-refractivity contribution in [1.29, 1.82) is 0 Å². The summed E-state index contributed by atoms with van der Waals surface area (Å²) in [6.45, 7) is 7.21. The summed E-state index contributed by atoms with van der Waals surface area (Å²) in [6.07, 6.45) is 12.1. The van der Waals surface area contributed by atoms with Crippen molar-refractivity contribution in [2.45, 2.75) is 70.4 Å². The van der Waals surface area contributed by atoms with Crippen LogP contribution in [-0.2, 0) is 19.4 Å². The third kappa shape index (κ3) is 8.03. The first-order chi connectivity index (χ1) is 18.8. The molecule has 1 aliphatic carbocycles. The quantitative estimate of drug-likeness (QED) is 0.267. The van der Waals surface area contributed by atoms with Crippen LogP contribution in [0.1, 0.15) is 61.6 Å². The molecule has 216 valence electrons. The molecule has 0 saturated carbocycles. The molecule has 0 aromatic heterocycles. The fourth-order valence-corrected chi connectivity index (χ4v) is 6.89. The van der Waals surface area contributed by atoms with Gasteiger partial charge < -0.3 is 14.5 Å². The molecule has 3 aromatic rings. The summed E-state index contributed by atoms with van der Waals surface area (Å²) >= 11 is 0. The maximum atomic E-state index is 6.20. The van der Waals surface area contributed by atoms with Gasteiger partial charge in [0.15, 0.2) is 0 Å². The molecule has 2 fully saturated rings. The molecular weight excluding hydrogens is 535 g/mol. The Bertz CT molecular complexity index is 1160. The molecule has 6 rings (SSSR count). The molecule has 40 heavy (non-hydrogen) atoms. The molecule has 2 saturated heterocycles. The Morgan fingerprint density at radius 2 is 1.43 bits per heavy atom. The number of benzene rings is 3. The first-order valence-corrected chi connectivity index (χ1v) is 15.2. The van der Waals surface area contributed by atoms with Crippen molar-refractivity contribution in [3.05, 3.63) is 89.5 Å². The molecule has 3 aliphatic rings. The number of hydrogen-bond acceptors (Lipinski definition) is 3. The number of rotatable bonds is 8. The minimum Gasteiger partial charge on any atom is -0.489 e. The Hall–Kier alpha value is -2.04. The van der Waals surface area contributed by atoms with Gasteiger partial charge in [-0.25, -0.2) is 0 Å². The van der Waals surface area contributed by atoms with Crippen molar-refractivity contribution in [3.8, 4) is 16.9 Å². The molecule has 1 unspecified atom stereocenters. The molecule has 1 atom stereocenters. The van der Waals surface area contributed by atoms with Crippen LogP contribution in [-0.4, -0.2) is 48.6 Å². The molecule has 0 N–H and O–H groups in total. The highest BCUT2D eigenvalue weighted by Crippen LogP contribution is 2.31. The van der Waals surface area contributed by atoms with E-state index < -0.39 is 0 Å². The number of hydrogen-bond donors (Lipinski definition) is 0. The summed E-state index contributed by atoms with van der Waals surface area (Å²) in [5.74, 6) is 1.84. The summed E-state index contributed by atoms with van der Waals surface area (Å²) in [6, 6.07) is 27.0. The second-order valence-electron chi connectivity index (χ2n) is 11.8. The summed E-state index contributed by atoms with van der Waals surface area (Å²) in [5.41, 5.74) is 6.76. The lowest BCUT2D eigenvalue weighted by Gasteiger charge is -2.40. The molecule has 0 spiro atoms. The van der Waals surface area contributed by atoms with Crippen molar-refractivity contribution in [1.82, 2.24) is 9.80 Å². The molecule has 5 heteroatoms. The molecule has 0 amide bonds. The normalized spacial score (nSPS) is 20.1. The SMILES string of the molecule is Cl.Cl.c1ccc(-c2ccc(COc3ccc4c(c3)CCC(CCN3CCC(N5CCCCC5)CC3)C4)cc2)cc1. The Kier molecular flexibility index (Phi) is 11.8. The standard InChI is InChI=1S/C35H44N2O.2ClH/c1-3-7-30(8-4-1)31-12-10-29(11-13-31)27-38-35-16-15-32-25-28(9-14-33(32)26-35)17-22-36-23-18-34(19-24-36)37-20-5-2-6-21-37;;/h1,3-4,7-8,10-13,15-16,26,28,34H,2,5-6,9,14,17-25,27H2;2*1H. The van der Waals surface area contributed by atoms with Crippen molar-refractivity contribution in [2.75, 3.05) is 32.7 Å². The fourth-order valence-electron chi connectivity index (χ4n) is 6.89. The van der Waals surface area contributed by atoms with Crippen LogP contribution in [0.5, 0.6) is 5.75 Å². The molecule has 2 heterocycles. The van der Waals surface area contributed by atoms with E-state index in [2.05, 4.69) is 82.6 Å². The van der Waals surface area contributed by atoms with E-state index in [1.807, 2.05) is 0 Å². The highest BCUT2D eigenvalue weighted by molar-refractivity contribution is 5.85. The largest absolute Gasteiger partial charge is 0.489 e. The number of aryl methyl sites for hydroxylation is 1. The lowest BCUT2D eigenvalue weighted by molar-refractivity contribution is 0.0896. The maximum absolute atomic E-state index is 6.20. The monoisotopic (exact) mass is 580 g/mol. The van der Waals surface area contributed by atoms with Crippen molar-refractivity contribution >= 4 is 24.8 Å². The topological polar surface area (TPSA) is 15.7 Å². The fraction of sp³-hybridized carbons (Fsp3) is 0.486. The van der Waals surface area contributed by atoms with Crippen LogP contribution < -0.4 is 4.74 Å². The second kappa shape index (κ2) is 15.3. The zero-order valence-electron chi connectivity index (χ0n) is 23.8. The molecule has 0 radical (unpaired) electrons. The van der Waals surface area contributed by atoms with E-state index in [9.17, 15) is 0 Å². The predicted octanol–water partition coefficient (Wildman–Crippen LogP) is 8.22. The predicted molar refractivity (Wildman–Crippen MR) is 172 cm³/mol. The number of halogens is 2. The Balaban J connectivity index is 0.00000185. The van der Waals surface area contributed by atoms with Gasteiger partial charge in [0, 0.05) is 6.04 Å². The smallest absolute Gasteiger partial charge is 0.120 e. The van der Waals surface area contributed by atoms with Crippen LogP contribution in [0.15, 0.2) is 72.8 Å². The van der Waals surface area contributed by atoms with E-state index in [0.29, 0.717) is 6.61 Å². The van der Waals surface area contributed by atoms with Crippen LogP contribution >= 0.6 is 24.8 Å². The van der Waals surface area contributed by atoms with Gasteiger partial charge in [0.1, 0.15) is 12.4 Å². The van der Waals surface area contributed by atoms with Gasteiger partial charge >= 0.3 is 0 Å². The summed E-state index contributed by atoms with van der Waals surface area (Å²) in [7, 11) is 0. The highest BCUT2D eigenvalue weighted by atomic mass is 35.5. The van der Waals surface area contributed by atoms with Gasteiger partial charge in [0.25, 0.3) is 0 Å². The third-order valence-corrected chi connectivity index (χ3v) is 9.29. The van der Waals surface area contributed by atoms with Gasteiger partial charge in [0.2, 0.25) is 0 Å². The zero-order valence-corrected chi connectivity index (χ0v) is 25.4. The zero-order chi connectivity index (χ0) is 25.6. The summed E-state index contributed by atoms with van der Waals surface area (Å²) in [5, 5.41) is 0. The number of nitrogens with zero attached hydrogens (tertiary/aromatic N) is 2. The van der Waals surface area contributed by atoms with E-state index in [0.717, 1.165) is 17.7 Å². The number of likely N-dealkylation sites (tertiary alicyclic amines) is 2. The average molecular weight is 582 g/mol. The molecule has 3 nitrogen and oxygen atoms in total. The van der Waals surface area contributed by atoms with Gasteiger partial charge in [-0.2, -0.15) is 0 Å². The van der Waals surface area contributed by atoms with Crippen LogP contribution in [0.4, 0.5) is 0 Å². The Morgan fingerprint density at radius 3 is 2.17 bits per heavy atom. The second-order valence-corrected chi connectivity index (χ2v) is 11.8. The third-order valence-electron chi connectivity index (χ3n) is 9.29. The van der Waals surface area contributed by atoms with Crippen LogP contribution in [0.3, 0.4) is 0 Å². The molecule has 3 aromatic carbocycles. The van der Waals surface area contributed by atoms with Crippen molar-refractivity contribution in [2.24, 2.45) is 5.92 Å². The van der Waals surface area contributed by atoms with Gasteiger partial charge in [-0.15, -0.1) is 24.8 Å². The van der Waals surface area contributed by atoms with E-state index in [1.54, 1.807) is 5.56 Å². The van der Waals surface area contributed by atoms with E-state index in [4.69, 9.17) is 4.74 Å². The first kappa shape index (κ1) is 30.9. The lowest BCUT2D eigenvalue weighted by Crippen LogP contribution is -2.47. The number of ether oxygens (including phenoxy) is 1. The van der Waals surface area contributed by atoms with Crippen molar-refractivity contribution in [3.63, 3.8) is 0 Å². The molecule has 0 bridgehead atoms.